The molecule has 1 N–H and O–H groups in total. The molecule has 0 atom stereocenters. The second-order valence-electron chi connectivity index (χ2n) is 4.07. The number of hydrogen-bond acceptors (Lipinski definition) is 2. The molecule has 0 aromatic rings. The lowest BCUT2D eigenvalue weighted by atomic mass is 10.2. The highest BCUT2D eigenvalue weighted by molar-refractivity contribution is 7.99. The molecule has 0 radical (unpaired) electrons. The molecule has 0 unspecified atom stereocenters. The molecule has 1 nitrogen and oxygen atoms in total. The van der Waals surface area contributed by atoms with Crippen molar-refractivity contribution in [3.8, 4) is 0 Å². The third-order valence-corrected chi connectivity index (χ3v) is 2.82. The lowest BCUT2D eigenvalue weighted by Gasteiger charge is -2.07. The van der Waals surface area contributed by atoms with Crippen molar-refractivity contribution >= 4 is 11.8 Å². The molecule has 0 heterocycles. The third-order valence-electron chi connectivity index (χ3n) is 1.43. The summed E-state index contributed by atoms with van der Waals surface area (Å²) in [6.45, 7) is 11.4. The average Bonchev–Trinajstić information content (AvgIpc) is 1.95. The summed E-state index contributed by atoms with van der Waals surface area (Å²) in [6, 6.07) is 0. The molecule has 0 aliphatic carbocycles. The minimum absolute atomic E-state index is 0.778. The fourth-order valence-corrected chi connectivity index (χ4v) is 1.78. The quantitative estimate of drug-likeness (QED) is 0.618. The first kappa shape index (κ1) is 12.3. The summed E-state index contributed by atoms with van der Waals surface area (Å²) in [7, 11) is 0. The molecule has 0 aliphatic rings. The van der Waals surface area contributed by atoms with Gasteiger partial charge >= 0.3 is 0 Å². The van der Waals surface area contributed by atoms with Crippen LogP contribution in [0.25, 0.3) is 0 Å². The van der Waals surface area contributed by atoms with E-state index >= 15 is 0 Å². The highest BCUT2D eigenvalue weighted by Gasteiger charge is 1.95. The largest absolute Gasteiger partial charge is 0.316 e. The van der Waals surface area contributed by atoms with Gasteiger partial charge in [-0.3, -0.25) is 0 Å². The Bertz CT molecular complexity index is 79.8. The predicted molar refractivity (Wildman–Crippen MR) is 59.9 cm³/mol. The first-order valence-corrected chi connectivity index (χ1v) is 6.07. The van der Waals surface area contributed by atoms with Crippen LogP contribution in [0.2, 0.25) is 0 Å². The molecule has 0 spiro atoms. The Morgan fingerprint density at radius 2 is 1.75 bits per heavy atom. The summed E-state index contributed by atoms with van der Waals surface area (Å²) < 4.78 is 0. The van der Waals surface area contributed by atoms with Crippen LogP contribution in [0.4, 0.5) is 0 Å². The Morgan fingerprint density at radius 1 is 1.08 bits per heavy atom. The second-order valence-corrected chi connectivity index (χ2v) is 5.22. The minimum atomic E-state index is 0.778. The normalized spacial score (nSPS) is 11.5. The predicted octanol–water partition coefficient (Wildman–Crippen LogP) is 2.62. The SMILES string of the molecule is CC(C)CNCCSCC(C)C. The third kappa shape index (κ3) is 10.3. The number of thioether (sulfide) groups is 1. The minimum Gasteiger partial charge on any atom is -0.316 e. The van der Waals surface area contributed by atoms with Gasteiger partial charge < -0.3 is 5.32 Å². The Kier molecular flexibility index (Phi) is 8.14. The molecule has 0 rings (SSSR count). The van der Waals surface area contributed by atoms with Gasteiger partial charge in [0.1, 0.15) is 0 Å². The van der Waals surface area contributed by atoms with Crippen molar-refractivity contribution in [2.24, 2.45) is 11.8 Å². The highest BCUT2D eigenvalue weighted by atomic mass is 32.2. The lowest BCUT2D eigenvalue weighted by Crippen LogP contribution is -2.22. The van der Waals surface area contributed by atoms with Crippen LogP contribution in [0, 0.1) is 11.8 Å². The Balaban J connectivity index is 2.91. The van der Waals surface area contributed by atoms with Gasteiger partial charge in [-0.2, -0.15) is 11.8 Å². The van der Waals surface area contributed by atoms with E-state index in [-0.39, 0.29) is 0 Å². The van der Waals surface area contributed by atoms with Gasteiger partial charge in [0.15, 0.2) is 0 Å². The van der Waals surface area contributed by atoms with Crippen molar-refractivity contribution in [1.29, 1.82) is 0 Å². The van der Waals surface area contributed by atoms with Crippen molar-refractivity contribution in [3.63, 3.8) is 0 Å². The molecule has 0 aromatic heterocycles. The van der Waals surface area contributed by atoms with Crippen LogP contribution in [0.5, 0.6) is 0 Å². The first-order valence-electron chi connectivity index (χ1n) is 4.91. The maximum absolute atomic E-state index is 3.44. The maximum atomic E-state index is 3.44. The van der Waals surface area contributed by atoms with Gasteiger partial charge in [0.05, 0.1) is 0 Å². The molecule has 12 heavy (non-hydrogen) atoms. The van der Waals surface area contributed by atoms with E-state index in [0.717, 1.165) is 24.9 Å². The number of nitrogens with one attached hydrogen (secondary N) is 1. The van der Waals surface area contributed by atoms with Gasteiger partial charge in [-0.05, 0) is 24.1 Å². The smallest absolute Gasteiger partial charge is 0.00582 e. The van der Waals surface area contributed by atoms with Gasteiger partial charge in [-0.1, -0.05) is 27.7 Å². The van der Waals surface area contributed by atoms with Gasteiger partial charge in [0.2, 0.25) is 0 Å². The topological polar surface area (TPSA) is 12.0 Å². The van der Waals surface area contributed by atoms with E-state index in [1.54, 1.807) is 0 Å². The molecule has 0 saturated heterocycles. The maximum Gasteiger partial charge on any atom is 0.00582 e. The molecule has 0 fully saturated rings. The Labute approximate surface area is 81.7 Å². The van der Waals surface area contributed by atoms with Crippen molar-refractivity contribution in [1.82, 2.24) is 5.32 Å². The van der Waals surface area contributed by atoms with E-state index in [2.05, 4.69) is 44.8 Å². The van der Waals surface area contributed by atoms with Crippen molar-refractivity contribution < 1.29 is 0 Å². The zero-order valence-corrected chi connectivity index (χ0v) is 9.71. The standard InChI is InChI=1S/C10H23NS/c1-9(2)7-11-5-6-12-8-10(3)4/h9-11H,5-8H2,1-4H3. The Morgan fingerprint density at radius 3 is 2.25 bits per heavy atom. The fourth-order valence-electron chi connectivity index (χ4n) is 0.854. The van der Waals surface area contributed by atoms with Gasteiger partial charge in [-0.25, -0.2) is 0 Å². The zero-order valence-electron chi connectivity index (χ0n) is 8.89. The number of rotatable bonds is 7. The molecule has 0 bridgehead atoms. The molecule has 0 amide bonds. The van der Waals surface area contributed by atoms with E-state index < -0.39 is 0 Å². The Hall–Kier alpha value is 0.310. The van der Waals surface area contributed by atoms with Gasteiger partial charge in [0.25, 0.3) is 0 Å². The van der Waals surface area contributed by atoms with Crippen LogP contribution >= 0.6 is 11.8 Å². The summed E-state index contributed by atoms with van der Waals surface area (Å²) in [4.78, 5) is 0. The van der Waals surface area contributed by atoms with Crippen LogP contribution in [0.1, 0.15) is 27.7 Å². The van der Waals surface area contributed by atoms with E-state index in [4.69, 9.17) is 0 Å². The molecule has 2 heteroatoms. The van der Waals surface area contributed by atoms with E-state index in [1.807, 2.05) is 0 Å². The second kappa shape index (κ2) is 7.93. The van der Waals surface area contributed by atoms with Crippen molar-refractivity contribution in [2.75, 3.05) is 24.6 Å². The summed E-state index contributed by atoms with van der Waals surface area (Å²) >= 11 is 2.05. The van der Waals surface area contributed by atoms with Crippen LogP contribution in [-0.2, 0) is 0 Å². The molecule has 0 aliphatic heterocycles. The van der Waals surface area contributed by atoms with Crippen molar-refractivity contribution in [2.45, 2.75) is 27.7 Å². The molecule has 0 aromatic carbocycles. The van der Waals surface area contributed by atoms with E-state index in [9.17, 15) is 0 Å². The zero-order chi connectivity index (χ0) is 9.40. The molecule has 0 saturated carbocycles. The average molecular weight is 189 g/mol. The highest BCUT2D eigenvalue weighted by Crippen LogP contribution is 2.05. The molecule has 74 valence electrons. The fraction of sp³-hybridized carbons (Fsp3) is 1.00. The monoisotopic (exact) mass is 189 g/mol. The summed E-state index contributed by atoms with van der Waals surface area (Å²) in [5.41, 5.74) is 0. The van der Waals surface area contributed by atoms with Crippen LogP contribution < -0.4 is 5.32 Å². The van der Waals surface area contributed by atoms with Crippen LogP contribution in [0.15, 0.2) is 0 Å². The molecular formula is C10H23NS. The van der Waals surface area contributed by atoms with E-state index in [0.29, 0.717) is 0 Å². The van der Waals surface area contributed by atoms with Crippen LogP contribution in [-0.4, -0.2) is 24.6 Å². The number of hydrogen-bond donors (Lipinski definition) is 1. The van der Waals surface area contributed by atoms with Gasteiger partial charge in [0, 0.05) is 12.3 Å². The molecular weight excluding hydrogens is 166 g/mol. The van der Waals surface area contributed by atoms with E-state index in [1.165, 1.54) is 11.5 Å². The van der Waals surface area contributed by atoms with Gasteiger partial charge in [-0.15, -0.1) is 0 Å². The first-order chi connectivity index (χ1) is 5.63. The summed E-state index contributed by atoms with van der Waals surface area (Å²) in [5.74, 6) is 4.16. The van der Waals surface area contributed by atoms with Crippen LogP contribution in [0.3, 0.4) is 0 Å². The lowest BCUT2D eigenvalue weighted by molar-refractivity contribution is 0.568. The van der Waals surface area contributed by atoms with Crippen molar-refractivity contribution in [3.05, 3.63) is 0 Å². The summed E-state index contributed by atoms with van der Waals surface area (Å²) in [6.07, 6.45) is 0. The summed E-state index contributed by atoms with van der Waals surface area (Å²) in [5, 5.41) is 3.44.